The zero-order valence-electron chi connectivity index (χ0n) is 17.0. The lowest BCUT2D eigenvalue weighted by Crippen LogP contribution is -2.41. The molecule has 0 spiro atoms. The minimum atomic E-state index is -0.499. The minimum absolute atomic E-state index is 0.0732. The highest BCUT2D eigenvalue weighted by Gasteiger charge is 2.38. The Bertz CT molecular complexity index is 770. The SMILES string of the molecule is CC(C)COC(=O)N1CCCN(C(=O)C2CC(=O)N(c3ccccc3F)C2)CC1. The fourth-order valence-electron chi connectivity index (χ4n) is 3.68. The lowest BCUT2D eigenvalue weighted by molar-refractivity contribution is -0.135. The minimum Gasteiger partial charge on any atom is -0.449 e. The van der Waals surface area contributed by atoms with Gasteiger partial charge in [0.1, 0.15) is 5.82 Å². The summed E-state index contributed by atoms with van der Waals surface area (Å²) in [6.45, 7) is 6.36. The van der Waals surface area contributed by atoms with E-state index >= 15 is 0 Å². The van der Waals surface area contributed by atoms with E-state index in [0.29, 0.717) is 39.2 Å². The normalized spacial score (nSPS) is 20.2. The molecule has 3 amide bonds. The second-order valence-electron chi connectivity index (χ2n) is 7.99. The Morgan fingerprint density at radius 2 is 1.83 bits per heavy atom. The summed E-state index contributed by atoms with van der Waals surface area (Å²) in [5.41, 5.74) is 0.211. The Balaban J connectivity index is 1.58. The third-order valence-electron chi connectivity index (χ3n) is 5.22. The molecule has 29 heavy (non-hydrogen) atoms. The number of rotatable bonds is 4. The predicted molar refractivity (Wildman–Crippen MR) is 106 cm³/mol. The fraction of sp³-hybridized carbons (Fsp3) is 0.571. The van der Waals surface area contributed by atoms with E-state index in [0.717, 1.165) is 0 Å². The van der Waals surface area contributed by atoms with Crippen LogP contribution in [0.2, 0.25) is 0 Å². The van der Waals surface area contributed by atoms with Crippen LogP contribution in [-0.4, -0.2) is 67.0 Å². The summed E-state index contributed by atoms with van der Waals surface area (Å²) in [5, 5.41) is 0. The summed E-state index contributed by atoms with van der Waals surface area (Å²) < 4.78 is 19.3. The molecule has 1 aromatic rings. The van der Waals surface area contributed by atoms with Crippen LogP contribution in [0.3, 0.4) is 0 Å². The molecule has 2 heterocycles. The summed E-state index contributed by atoms with van der Waals surface area (Å²) >= 11 is 0. The second kappa shape index (κ2) is 9.24. The van der Waals surface area contributed by atoms with Crippen molar-refractivity contribution in [2.24, 2.45) is 11.8 Å². The molecule has 0 bridgehead atoms. The number of para-hydroxylation sites is 1. The van der Waals surface area contributed by atoms with Gasteiger partial charge in [0.05, 0.1) is 18.2 Å². The number of carbonyl (C=O) groups is 3. The smallest absolute Gasteiger partial charge is 0.409 e. The van der Waals surface area contributed by atoms with E-state index in [1.54, 1.807) is 28.0 Å². The Hall–Kier alpha value is -2.64. The number of halogens is 1. The van der Waals surface area contributed by atoms with Crippen molar-refractivity contribution < 1.29 is 23.5 Å². The molecule has 0 radical (unpaired) electrons. The number of ether oxygens (including phenoxy) is 1. The lowest BCUT2D eigenvalue weighted by Gasteiger charge is -2.24. The highest BCUT2D eigenvalue weighted by molar-refractivity contribution is 6.00. The van der Waals surface area contributed by atoms with Crippen LogP contribution in [0, 0.1) is 17.7 Å². The number of benzene rings is 1. The van der Waals surface area contributed by atoms with Gasteiger partial charge in [0, 0.05) is 39.1 Å². The van der Waals surface area contributed by atoms with Gasteiger partial charge in [-0.05, 0) is 24.5 Å². The summed E-state index contributed by atoms with van der Waals surface area (Å²) in [6, 6.07) is 6.09. The molecule has 3 rings (SSSR count). The van der Waals surface area contributed by atoms with Gasteiger partial charge >= 0.3 is 6.09 Å². The van der Waals surface area contributed by atoms with Crippen molar-refractivity contribution in [1.82, 2.24) is 9.80 Å². The number of carbonyl (C=O) groups excluding carboxylic acids is 3. The Labute approximate surface area is 170 Å². The molecule has 0 N–H and O–H groups in total. The Morgan fingerprint density at radius 1 is 1.14 bits per heavy atom. The van der Waals surface area contributed by atoms with Gasteiger partial charge in [-0.15, -0.1) is 0 Å². The van der Waals surface area contributed by atoms with Gasteiger partial charge in [0.2, 0.25) is 11.8 Å². The predicted octanol–water partition coefficient (Wildman–Crippen LogP) is 2.51. The van der Waals surface area contributed by atoms with Gasteiger partial charge in [0.15, 0.2) is 0 Å². The third-order valence-corrected chi connectivity index (χ3v) is 5.22. The molecule has 0 saturated carbocycles. The molecular formula is C21H28FN3O4. The van der Waals surface area contributed by atoms with E-state index in [2.05, 4.69) is 0 Å². The summed E-state index contributed by atoms with van der Waals surface area (Å²) in [5.74, 6) is -1.07. The zero-order valence-corrected chi connectivity index (χ0v) is 17.0. The topological polar surface area (TPSA) is 70.2 Å². The number of hydrogen-bond acceptors (Lipinski definition) is 4. The average molecular weight is 405 g/mol. The molecule has 2 aliphatic rings. The van der Waals surface area contributed by atoms with Crippen LogP contribution in [0.25, 0.3) is 0 Å². The molecule has 0 aromatic heterocycles. The van der Waals surface area contributed by atoms with Gasteiger partial charge in [-0.1, -0.05) is 26.0 Å². The number of hydrogen-bond donors (Lipinski definition) is 0. The van der Waals surface area contributed by atoms with E-state index in [1.807, 2.05) is 13.8 Å². The van der Waals surface area contributed by atoms with Crippen molar-refractivity contribution in [3.8, 4) is 0 Å². The molecule has 2 fully saturated rings. The molecule has 2 saturated heterocycles. The third kappa shape index (κ3) is 5.05. The zero-order chi connectivity index (χ0) is 21.0. The van der Waals surface area contributed by atoms with E-state index in [4.69, 9.17) is 4.74 Å². The second-order valence-corrected chi connectivity index (χ2v) is 7.99. The molecule has 1 unspecified atom stereocenters. The Kier molecular flexibility index (Phi) is 6.71. The van der Waals surface area contributed by atoms with Crippen molar-refractivity contribution in [2.45, 2.75) is 26.7 Å². The molecule has 1 atom stereocenters. The highest BCUT2D eigenvalue weighted by atomic mass is 19.1. The molecule has 158 valence electrons. The van der Waals surface area contributed by atoms with Crippen LogP contribution in [0.15, 0.2) is 24.3 Å². The molecule has 7 nitrogen and oxygen atoms in total. The van der Waals surface area contributed by atoms with E-state index < -0.39 is 11.7 Å². The first-order valence-electron chi connectivity index (χ1n) is 10.1. The largest absolute Gasteiger partial charge is 0.449 e. The van der Waals surface area contributed by atoms with Crippen LogP contribution in [-0.2, 0) is 14.3 Å². The quantitative estimate of drug-likeness (QED) is 0.772. The highest BCUT2D eigenvalue weighted by Crippen LogP contribution is 2.28. The van der Waals surface area contributed by atoms with Gasteiger partial charge in [0.25, 0.3) is 0 Å². The first-order chi connectivity index (χ1) is 13.9. The van der Waals surface area contributed by atoms with Crippen molar-refractivity contribution in [2.75, 3.05) is 44.2 Å². The van der Waals surface area contributed by atoms with Gasteiger partial charge in [-0.25, -0.2) is 9.18 Å². The molecule has 8 heteroatoms. The van der Waals surface area contributed by atoms with Gasteiger partial charge < -0.3 is 19.4 Å². The maximum Gasteiger partial charge on any atom is 0.409 e. The standard InChI is InChI=1S/C21H28FN3O4/c1-15(2)14-29-21(28)24-9-5-8-23(10-11-24)20(27)16-12-19(26)25(13-16)18-7-4-3-6-17(18)22/h3-4,6-7,15-16H,5,8-14H2,1-2H3. The first kappa shape index (κ1) is 21.1. The summed E-state index contributed by atoms with van der Waals surface area (Å²) in [4.78, 5) is 42.2. The van der Waals surface area contributed by atoms with Crippen LogP contribution >= 0.6 is 0 Å². The number of amides is 3. The molecule has 2 aliphatic heterocycles. The van der Waals surface area contributed by atoms with Gasteiger partial charge in [-0.2, -0.15) is 0 Å². The first-order valence-corrected chi connectivity index (χ1v) is 10.1. The van der Waals surface area contributed by atoms with Gasteiger partial charge in [-0.3, -0.25) is 9.59 Å². The monoisotopic (exact) mass is 405 g/mol. The fourth-order valence-corrected chi connectivity index (χ4v) is 3.68. The van der Waals surface area contributed by atoms with Crippen LogP contribution in [0.4, 0.5) is 14.9 Å². The van der Waals surface area contributed by atoms with Crippen LogP contribution in [0.1, 0.15) is 26.7 Å². The molecule has 1 aromatic carbocycles. The molecule has 0 aliphatic carbocycles. The van der Waals surface area contributed by atoms with Crippen LogP contribution < -0.4 is 4.90 Å². The van der Waals surface area contributed by atoms with Crippen molar-refractivity contribution in [3.63, 3.8) is 0 Å². The summed E-state index contributed by atoms with van der Waals surface area (Å²) in [6.07, 6.45) is 0.374. The summed E-state index contributed by atoms with van der Waals surface area (Å²) in [7, 11) is 0. The van der Waals surface area contributed by atoms with Crippen LogP contribution in [0.5, 0.6) is 0 Å². The number of nitrogens with zero attached hydrogens (tertiary/aromatic N) is 3. The average Bonchev–Trinajstić information content (AvgIpc) is 2.91. The lowest BCUT2D eigenvalue weighted by atomic mass is 10.1. The Morgan fingerprint density at radius 3 is 2.55 bits per heavy atom. The maximum absolute atomic E-state index is 14.0. The van der Waals surface area contributed by atoms with Crippen molar-refractivity contribution >= 4 is 23.6 Å². The molecular weight excluding hydrogens is 377 g/mol. The van der Waals surface area contributed by atoms with Crippen molar-refractivity contribution in [1.29, 1.82) is 0 Å². The van der Waals surface area contributed by atoms with E-state index in [-0.39, 0.29) is 42.5 Å². The number of anilines is 1. The van der Waals surface area contributed by atoms with E-state index in [9.17, 15) is 18.8 Å². The van der Waals surface area contributed by atoms with E-state index in [1.165, 1.54) is 11.0 Å². The maximum atomic E-state index is 14.0. The van der Waals surface area contributed by atoms with Crippen molar-refractivity contribution in [3.05, 3.63) is 30.1 Å².